The fourth-order valence-corrected chi connectivity index (χ4v) is 1.54. The third-order valence-corrected chi connectivity index (χ3v) is 2.33. The molecule has 1 rings (SSSR count). The zero-order valence-electron chi connectivity index (χ0n) is 6.87. The predicted octanol–water partition coefficient (Wildman–Crippen LogP) is 1.42. The lowest BCUT2D eigenvalue weighted by molar-refractivity contribution is 0.267. The third-order valence-electron chi connectivity index (χ3n) is 1.79. The summed E-state index contributed by atoms with van der Waals surface area (Å²) in [5, 5.41) is 9.80. The quantitative estimate of drug-likeness (QED) is 0.759. The Morgan fingerprint density at radius 2 is 2.23 bits per heavy atom. The average molecular weight is 221 g/mol. The number of hydrogen-bond acceptors (Lipinski definition) is 3. The van der Waals surface area contributed by atoms with E-state index in [0.717, 1.165) is 5.56 Å². The van der Waals surface area contributed by atoms with Crippen LogP contribution in [-0.2, 0) is 0 Å². The normalized spacial score (nSPS) is 12.9. The molecule has 3 nitrogen and oxygen atoms in total. The van der Waals surface area contributed by atoms with Crippen LogP contribution < -0.4 is 5.73 Å². The highest BCUT2D eigenvalue weighted by atomic mass is 35.5. The minimum atomic E-state index is -0.169. The zero-order valence-corrected chi connectivity index (χ0v) is 8.39. The summed E-state index contributed by atoms with van der Waals surface area (Å²) in [5.41, 5.74) is 6.18. The summed E-state index contributed by atoms with van der Waals surface area (Å²) >= 11 is 11.5. The minimum Gasteiger partial charge on any atom is -0.396 e. The molecule has 1 atom stereocenters. The molecule has 0 saturated heterocycles. The number of nitrogens with zero attached hydrogens (tertiary/aromatic N) is 1. The smallest absolute Gasteiger partial charge is 0.130 e. The summed E-state index contributed by atoms with van der Waals surface area (Å²) in [6, 6.07) is 1.54. The SMILES string of the molecule is NCC(CO)c1cnc(Cl)cc1Cl. The van der Waals surface area contributed by atoms with Crippen LogP contribution in [0.15, 0.2) is 12.3 Å². The summed E-state index contributed by atoms with van der Waals surface area (Å²) in [7, 11) is 0. The first-order chi connectivity index (χ1) is 6.19. The molecule has 13 heavy (non-hydrogen) atoms. The summed E-state index contributed by atoms with van der Waals surface area (Å²) in [4.78, 5) is 3.87. The van der Waals surface area contributed by atoms with Crippen LogP contribution in [0.1, 0.15) is 11.5 Å². The van der Waals surface area contributed by atoms with Gasteiger partial charge in [-0.15, -0.1) is 0 Å². The molecule has 0 saturated carbocycles. The van der Waals surface area contributed by atoms with E-state index in [1.165, 1.54) is 6.07 Å². The van der Waals surface area contributed by atoms with Crippen LogP contribution in [-0.4, -0.2) is 23.2 Å². The first kappa shape index (κ1) is 10.7. The Hall–Kier alpha value is -0.350. The van der Waals surface area contributed by atoms with Crippen LogP contribution in [0, 0.1) is 0 Å². The Morgan fingerprint density at radius 1 is 1.54 bits per heavy atom. The van der Waals surface area contributed by atoms with Gasteiger partial charge in [0.15, 0.2) is 0 Å². The second-order valence-corrected chi connectivity index (χ2v) is 3.44. The molecule has 0 aliphatic carbocycles. The molecule has 0 spiro atoms. The van der Waals surface area contributed by atoms with Crippen LogP contribution in [0.4, 0.5) is 0 Å². The van der Waals surface area contributed by atoms with Crippen LogP contribution in [0.25, 0.3) is 0 Å². The maximum absolute atomic E-state index is 8.97. The first-order valence-corrected chi connectivity index (χ1v) is 4.56. The molecule has 0 fully saturated rings. The molecule has 0 aliphatic heterocycles. The molecule has 0 amide bonds. The number of halogens is 2. The van der Waals surface area contributed by atoms with E-state index >= 15 is 0 Å². The third kappa shape index (κ3) is 2.54. The molecular weight excluding hydrogens is 211 g/mol. The van der Waals surface area contributed by atoms with Crippen LogP contribution in [0.5, 0.6) is 0 Å². The first-order valence-electron chi connectivity index (χ1n) is 3.81. The zero-order chi connectivity index (χ0) is 9.84. The van der Waals surface area contributed by atoms with Crippen LogP contribution >= 0.6 is 23.2 Å². The number of rotatable bonds is 3. The van der Waals surface area contributed by atoms with Gasteiger partial charge in [-0.25, -0.2) is 4.98 Å². The number of aliphatic hydroxyl groups excluding tert-OH is 1. The van der Waals surface area contributed by atoms with Gasteiger partial charge in [0, 0.05) is 23.7 Å². The number of aliphatic hydroxyl groups is 1. The lowest BCUT2D eigenvalue weighted by Gasteiger charge is -2.12. The van der Waals surface area contributed by atoms with E-state index in [1.807, 2.05) is 0 Å². The van der Waals surface area contributed by atoms with Crippen molar-refractivity contribution in [3.63, 3.8) is 0 Å². The molecule has 1 heterocycles. The molecule has 5 heteroatoms. The highest BCUT2D eigenvalue weighted by Gasteiger charge is 2.12. The average Bonchev–Trinajstić information content (AvgIpc) is 2.10. The van der Waals surface area contributed by atoms with Gasteiger partial charge in [-0.3, -0.25) is 0 Å². The Labute approximate surface area is 86.5 Å². The van der Waals surface area contributed by atoms with E-state index in [2.05, 4.69) is 4.98 Å². The fourth-order valence-electron chi connectivity index (χ4n) is 1.02. The highest BCUT2D eigenvalue weighted by Crippen LogP contribution is 2.24. The lowest BCUT2D eigenvalue weighted by Crippen LogP contribution is -2.16. The maximum atomic E-state index is 8.97. The maximum Gasteiger partial charge on any atom is 0.130 e. The Kier molecular flexibility index (Phi) is 3.93. The van der Waals surface area contributed by atoms with Crippen LogP contribution in [0.2, 0.25) is 10.2 Å². The molecular formula is C8H10Cl2N2O. The van der Waals surface area contributed by atoms with E-state index in [0.29, 0.717) is 16.7 Å². The molecule has 0 aliphatic rings. The number of hydrogen-bond donors (Lipinski definition) is 2. The van der Waals surface area contributed by atoms with Gasteiger partial charge in [0.2, 0.25) is 0 Å². The van der Waals surface area contributed by atoms with Crippen molar-refractivity contribution in [1.29, 1.82) is 0 Å². The van der Waals surface area contributed by atoms with Crippen molar-refractivity contribution in [3.05, 3.63) is 28.0 Å². The topological polar surface area (TPSA) is 59.1 Å². The molecule has 1 unspecified atom stereocenters. The van der Waals surface area contributed by atoms with Crippen molar-refractivity contribution >= 4 is 23.2 Å². The van der Waals surface area contributed by atoms with Crippen molar-refractivity contribution in [2.24, 2.45) is 5.73 Å². The van der Waals surface area contributed by atoms with E-state index in [1.54, 1.807) is 6.20 Å². The molecule has 72 valence electrons. The summed E-state index contributed by atoms with van der Waals surface area (Å²) in [5.74, 6) is -0.169. The van der Waals surface area contributed by atoms with Crippen molar-refractivity contribution in [2.75, 3.05) is 13.2 Å². The van der Waals surface area contributed by atoms with E-state index in [4.69, 9.17) is 34.0 Å². The van der Waals surface area contributed by atoms with Crippen molar-refractivity contribution in [3.8, 4) is 0 Å². The second-order valence-electron chi connectivity index (χ2n) is 2.64. The van der Waals surface area contributed by atoms with Gasteiger partial charge in [-0.05, 0) is 11.6 Å². The number of aromatic nitrogens is 1. The molecule has 1 aromatic rings. The molecule has 0 radical (unpaired) electrons. The monoisotopic (exact) mass is 220 g/mol. The van der Waals surface area contributed by atoms with E-state index in [-0.39, 0.29) is 12.5 Å². The largest absolute Gasteiger partial charge is 0.396 e. The number of pyridine rings is 1. The Morgan fingerprint density at radius 3 is 2.69 bits per heavy atom. The summed E-state index contributed by atoms with van der Waals surface area (Å²) < 4.78 is 0. The van der Waals surface area contributed by atoms with Crippen molar-refractivity contribution in [1.82, 2.24) is 4.98 Å². The highest BCUT2D eigenvalue weighted by molar-refractivity contribution is 6.34. The Bertz CT molecular complexity index is 289. The predicted molar refractivity (Wildman–Crippen MR) is 53.1 cm³/mol. The molecule has 0 aromatic carbocycles. The standard InChI is InChI=1S/C8H10Cl2N2O/c9-7-1-8(10)12-3-6(7)5(2-11)4-13/h1,3,5,13H,2,4,11H2. The van der Waals surface area contributed by atoms with Gasteiger partial charge in [0.1, 0.15) is 5.15 Å². The minimum absolute atomic E-state index is 0.0421. The second kappa shape index (κ2) is 4.77. The molecule has 0 bridgehead atoms. The van der Waals surface area contributed by atoms with Gasteiger partial charge in [-0.1, -0.05) is 23.2 Å². The van der Waals surface area contributed by atoms with Gasteiger partial charge >= 0.3 is 0 Å². The van der Waals surface area contributed by atoms with Crippen molar-refractivity contribution in [2.45, 2.75) is 5.92 Å². The lowest BCUT2D eigenvalue weighted by atomic mass is 10.0. The van der Waals surface area contributed by atoms with Gasteiger partial charge < -0.3 is 10.8 Å². The summed E-state index contributed by atoms with van der Waals surface area (Å²) in [6.07, 6.45) is 1.54. The molecule has 3 N–H and O–H groups in total. The van der Waals surface area contributed by atoms with Crippen molar-refractivity contribution < 1.29 is 5.11 Å². The molecule has 1 aromatic heterocycles. The van der Waals surface area contributed by atoms with Gasteiger partial charge in [-0.2, -0.15) is 0 Å². The summed E-state index contributed by atoms with van der Waals surface area (Å²) in [6.45, 7) is 0.291. The van der Waals surface area contributed by atoms with Gasteiger partial charge in [0.05, 0.1) is 6.61 Å². The number of nitrogens with two attached hydrogens (primary N) is 1. The van der Waals surface area contributed by atoms with Gasteiger partial charge in [0.25, 0.3) is 0 Å². The van der Waals surface area contributed by atoms with E-state index in [9.17, 15) is 0 Å². The fraction of sp³-hybridized carbons (Fsp3) is 0.375. The Balaban J connectivity index is 2.99. The van der Waals surface area contributed by atoms with Crippen LogP contribution in [0.3, 0.4) is 0 Å². The van der Waals surface area contributed by atoms with E-state index < -0.39 is 0 Å².